The standard InChI is InChI=1S/C26H32N4O4S/c1-17-11-21(35-27)5-3-18(17)7-8-30-24(32)22-6-4-19(29-9-10-34-20(13-29)14-31)12-23(22)28-25(30)26(2)15-33-16-26/h3-6,11-12,20,31H,7-10,13-16,27H2,1-2H3/t20-/m1/s1. The second-order valence-corrected chi connectivity index (χ2v) is 10.4. The highest BCUT2D eigenvalue weighted by Crippen LogP contribution is 2.32. The first-order chi connectivity index (χ1) is 16.9. The monoisotopic (exact) mass is 496 g/mol. The van der Waals surface area contributed by atoms with E-state index in [-0.39, 0.29) is 23.7 Å². The second kappa shape index (κ2) is 9.91. The number of anilines is 1. The van der Waals surface area contributed by atoms with E-state index in [1.165, 1.54) is 23.1 Å². The number of rotatable bonds is 7. The summed E-state index contributed by atoms with van der Waals surface area (Å²) in [6.07, 6.45) is 0.523. The van der Waals surface area contributed by atoms with Crippen molar-refractivity contribution in [3.8, 4) is 0 Å². The van der Waals surface area contributed by atoms with E-state index < -0.39 is 0 Å². The number of fused-ring (bicyclic) bond motifs is 1. The molecule has 0 amide bonds. The van der Waals surface area contributed by atoms with E-state index in [1.807, 2.05) is 28.8 Å². The number of aryl methyl sites for hydroxylation is 2. The Labute approximate surface area is 209 Å². The molecular formula is C26H32N4O4S. The minimum Gasteiger partial charge on any atom is -0.394 e. The molecule has 186 valence electrons. The lowest BCUT2D eigenvalue weighted by atomic mass is 9.87. The van der Waals surface area contributed by atoms with E-state index in [0.717, 1.165) is 29.4 Å². The molecule has 0 spiro atoms. The smallest absolute Gasteiger partial charge is 0.261 e. The highest BCUT2D eigenvalue weighted by Gasteiger charge is 2.40. The van der Waals surface area contributed by atoms with Gasteiger partial charge in [0.1, 0.15) is 5.82 Å². The molecule has 1 aromatic heterocycles. The molecule has 2 fully saturated rings. The van der Waals surface area contributed by atoms with Crippen molar-refractivity contribution in [2.75, 3.05) is 44.4 Å². The number of aromatic nitrogens is 2. The van der Waals surface area contributed by atoms with Crippen LogP contribution in [0.1, 0.15) is 23.9 Å². The molecule has 0 aliphatic carbocycles. The predicted octanol–water partition coefficient (Wildman–Crippen LogP) is 2.40. The summed E-state index contributed by atoms with van der Waals surface area (Å²) in [6.45, 7) is 7.72. The SMILES string of the molecule is Cc1cc(SN)ccc1CCn1c(C2(C)COC2)nc2cc(N3CCO[C@@H](CO)C3)ccc2c1=O. The summed E-state index contributed by atoms with van der Waals surface area (Å²) in [5, 5.41) is 15.8. The molecule has 0 bridgehead atoms. The lowest BCUT2D eigenvalue weighted by Crippen LogP contribution is -2.48. The third kappa shape index (κ3) is 4.71. The van der Waals surface area contributed by atoms with Crippen LogP contribution in [0.25, 0.3) is 10.9 Å². The van der Waals surface area contributed by atoms with Crippen LogP contribution in [-0.4, -0.2) is 60.3 Å². The molecule has 3 heterocycles. The van der Waals surface area contributed by atoms with E-state index in [1.54, 1.807) is 0 Å². The largest absolute Gasteiger partial charge is 0.394 e. The third-order valence-corrected chi connectivity index (χ3v) is 7.61. The molecule has 2 aliphatic heterocycles. The van der Waals surface area contributed by atoms with Crippen molar-refractivity contribution in [2.45, 2.75) is 43.2 Å². The van der Waals surface area contributed by atoms with Crippen molar-refractivity contribution < 1.29 is 14.6 Å². The molecular weight excluding hydrogens is 464 g/mol. The highest BCUT2D eigenvalue weighted by molar-refractivity contribution is 7.97. The van der Waals surface area contributed by atoms with Crippen molar-refractivity contribution >= 4 is 28.5 Å². The van der Waals surface area contributed by atoms with Crippen molar-refractivity contribution in [1.82, 2.24) is 9.55 Å². The van der Waals surface area contributed by atoms with E-state index in [2.05, 4.69) is 30.9 Å². The van der Waals surface area contributed by atoms with Gasteiger partial charge in [-0.2, -0.15) is 0 Å². The van der Waals surface area contributed by atoms with Crippen LogP contribution in [0.15, 0.2) is 46.1 Å². The van der Waals surface area contributed by atoms with Gasteiger partial charge in [-0.25, -0.2) is 4.98 Å². The summed E-state index contributed by atoms with van der Waals surface area (Å²) in [6, 6.07) is 12.0. The molecule has 9 heteroatoms. The fraction of sp³-hybridized carbons (Fsp3) is 0.462. The van der Waals surface area contributed by atoms with Gasteiger partial charge in [-0.3, -0.25) is 14.5 Å². The minimum atomic E-state index is -0.292. The van der Waals surface area contributed by atoms with Gasteiger partial charge in [0.2, 0.25) is 0 Å². The second-order valence-electron chi connectivity index (χ2n) is 9.72. The average molecular weight is 497 g/mol. The van der Waals surface area contributed by atoms with Gasteiger partial charge >= 0.3 is 0 Å². The lowest BCUT2D eigenvalue weighted by Gasteiger charge is -2.38. The predicted molar refractivity (Wildman–Crippen MR) is 138 cm³/mol. The molecule has 5 rings (SSSR count). The van der Waals surface area contributed by atoms with Gasteiger partial charge in [0.05, 0.1) is 48.8 Å². The molecule has 0 unspecified atom stereocenters. The topological polar surface area (TPSA) is 103 Å². The average Bonchev–Trinajstić information content (AvgIpc) is 2.87. The summed E-state index contributed by atoms with van der Waals surface area (Å²) in [7, 11) is 0. The first-order valence-electron chi connectivity index (χ1n) is 12.0. The normalized spacial score (nSPS) is 19.7. The fourth-order valence-electron chi connectivity index (χ4n) is 4.93. The van der Waals surface area contributed by atoms with Gasteiger partial charge in [-0.1, -0.05) is 6.07 Å². The van der Waals surface area contributed by atoms with Gasteiger partial charge in [0.15, 0.2) is 0 Å². The fourth-order valence-corrected chi connectivity index (χ4v) is 5.32. The van der Waals surface area contributed by atoms with Crippen molar-refractivity contribution in [3.05, 3.63) is 63.7 Å². The molecule has 0 saturated carbocycles. The van der Waals surface area contributed by atoms with Crippen LogP contribution in [0.2, 0.25) is 0 Å². The van der Waals surface area contributed by atoms with Crippen LogP contribution >= 0.6 is 11.9 Å². The number of nitrogens with two attached hydrogens (primary N) is 1. The van der Waals surface area contributed by atoms with Crippen molar-refractivity contribution in [2.24, 2.45) is 5.14 Å². The Balaban J connectivity index is 1.51. The Morgan fingerprint density at radius 3 is 2.77 bits per heavy atom. The van der Waals surface area contributed by atoms with Crippen LogP contribution in [0.3, 0.4) is 0 Å². The molecule has 8 nitrogen and oxygen atoms in total. The Hall–Kier alpha value is -2.43. The molecule has 2 saturated heterocycles. The van der Waals surface area contributed by atoms with E-state index in [0.29, 0.717) is 43.8 Å². The van der Waals surface area contributed by atoms with E-state index in [9.17, 15) is 9.90 Å². The zero-order chi connectivity index (χ0) is 24.6. The van der Waals surface area contributed by atoms with E-state index in [4.69, 9.17) is 19.6 Å². The summed E-state index contributed by atoms with van der Waals surface area (Å²) in [4.78, 5) is 22.0. The van der Waals surface area contributed by atoms with Crippen LogP contribution in [0.5, 0.6) is 0 Å². The number of hydrogen-bond acceptors (Lipinski definition) is 8. The number of benzene rings is 2. The number of aliphatic hydroxyl groups is 1. The molecule has 3 aromatic rings. The van der Waals surface area contributed by atoms with Crippen molar-refractivity contribution in [3.63, 3.8) is 0 Å². The summed E-state index contributed by atoms with van der Waals surface area (Å²) in [5.41, 5.74) is 3.72. The molecule has 2 aromatic carbocycles. The Morgan fingerprint density at radius 2 is 2.09 bits per heavy atom. The number of ether oxygens (including phenoxy) is 2. The van der Waals surface area contributed by atoms with Gasteiger partial charge in [0.25, 0.3) is 5.56 Å². The number of morpholine rings is 1. The first kappa shape index (κ1) is 24.3. The van der Waals surface area contributed by atoms with Crippen LogP contribution < -0.4 is 15.6 Å². The quantitative estimate of drug-likeness (QED) is 0.481. The van der Waals surface area contributed by atoms with Gasteiger partial charge in [-0.05, 0) is 73.7 Å². The van der Waals surface area contributed by atoms with Gasteiger partial charge in [-0.15, -0.1) is 0 Å². The van der Waals surface area contributed by atoms with Crippen LogP contribution in [0, 0.1) is 6.92 Å². The highest BCUT2D eigenvalue weighted by atomic mass is 32.2. The summed E-state index contributed by atoms with van der Waals surface area (Å²) < 4.78 is 13.0. The molecule has 3 N–H and O–H groups in total. The Kier molecular flexibility index (Phi) is 6.87. The summed E-state index contributed by atoms with van der Waals surface area (Å²) >= 11 is 1.24. The zero-order valence-corrected chi connectivity index (χ0v) is 21.0. The first-order valence-corrected chi connectivity index (χ1v) is 12.9. The lowest BCUT2D eigenvalue weighted by molar-refractivity contribution is -0.0563. The maximum atomic E-state index is 13.7. The summed E-state index contributed by atoms with van der Waals surface area (Å²) in [5.74, 6) is 0.778. The van der Waals surface area contributed by atoms with Gasteiger partial charge in [0, 0.05) is 30.2 Å². The Bertz CT molecular complexity index is 1290. The maximum absolute atomic E-state index is 13.7. The number of hydrogen-bond donors (Lipinski definition) is 2. The van der Waals surface area contributed by atoms with Gasteiger partial charge < -0.3 is 19.5 Å². The zero-order valence-electron chi connectivity index (χ0n) is 20.2. The number of nitrogens with zero attached hydrogens (tertiary/aromatic N) is 3. The molecule has 35 heavy (non-hydrogen) atoms. The van der Waals surface area contributed by atoms with Crippen LogP contribution in [-0.2, 0) is 27.9 Å². The van der Waals surface area contributed by atoms with E-state index >= 15 is 0 Å². The van der Waals surface area contributed by atoms with Crippen LogP contribution in [0.4, 0.5) is 5.69 Å². The number of aliphatic hydroxyl groups excluding tert-OH is 1. The molecule has 2 aliphatic rings. The maximum Gasteiger partial charge on any atom is 0.261 e. The molecule has 1 atom stereocenters. The van der Waals surface area contributed by atoms with Crippen molar-refractivity contribution in [1.29, 1.82) is 0 Å². The molecule has 0 radical (unpaired) electrons. The minimum absolute atomic E-state index is 0.0111. The third-order valence-electron chi connectivity index (χ3n) is 7.08. The Morgan fingerprint density at radius 1 is 1.26 bits per heavy atom.